The van der Waals surface area contributed by atoms with Gasteiger partial charge in [-0.05, 0) is 45.3 Å². The average molecular weight is 438 g/mol. The summed E-state index contributed by atoms with van der Waals surface area (Å²) in [7, 11) is 5.20. The third kappa shape index (κ3) is 4.01. The van der Waals surface area contributed by atoms with Crippen molar-refractivity contribution >= 4 is 40.1 Å². The van der Waals surface area contributed by atoms with Crippen molar-refractivity contribution in [1.82, 2.24) is 4.90 Å². The molecule has 1 aromatic heterocycles. The number of esters is 1. The fourth-order valence-electron chi connectivity index (χ4n) is 3.21. The van der Waals surface area contributed by atoms with Crippen LogP contribution in [0.25, 0.3) is 22.3 Å². The zero-order chi connectivity index (χ0) is 21.3. The summed E-state index contributed by atoms with van der Waals surface area (Å²) < 4.78 is 16.5. The van der Waals surface area contributed by atoms with E-state index in [1.54, 1.807) is 25.1 Å². The van der Waals surface area contributed by atoms with Crippen molar-refractivity contribution in [3.63, 3.8) is 0 Å². The van der Waals surface area contributed by atoms with Gasteiger partial charge in [0.25, 0.3) is 0 Å². The van der Waals surface area contributed by atoms with Crippen molar-refractivity contribution in [2.45, 2.75) is 13.5 Å². The van der Waals surface area contributed by atoms with Crippen LogP contribution in [0.3, 0.4) is 0 Å². The van der Waals surface area contributed by atoms with Gasteiger partial charge in [0, 0.05) is 23.1 Å². The van der Waals surface area contributed by atoms with Crippen LogP contribution in [0.2, 0.25) is 10.0 Å². The lowest BCUT2D eigenvalue weighted by atomic mass is 10.0. The molecule has 2 aromatic carbocycles. The number of phenolic OH excluding ortho intramolecular Hbond substituents is 1. The zero-order valence-electron chi connectivity index (χ0n) is 16.5. The van der Waals surface area contributed by atoms with E-state index in [9.17, 15) is 9.90 Å². The minimum absolute atomic E-state index is 0.0647. The van der Waals surface area contributed by atoms with E-state index >= 15 is 0 Å². The highest BCUT2D eigenvalue weighted by molar-refractivity contribution is 6.37. The molecule has 0 amide bonds. The van der Waals surface area contributed by atoms with Gasteiger partial charge in [0.2, 0.25) is 0 Å². The molecule has 8 heteroatoms. The molecule has 154 valence electrons. The first-order valence-electron chi connectivity index (χ1n) is 8.91. The van der Waals surface area contributed by atoms with Gasteiger partial charge in [-0.1, -0.05) is 23.2 Å². The van der Waals surface area contributed by atoms with Gasteiger partial charge in [0.1, 0.15) is 22.7 Å². The minimum atomic E-state index is -0.560. The number of fused-ring (bicyclic) bond motifs is 1. The molecule has 0 aliphatic carbocycles. The predicted molar refractivity (Wildman–Crippen MR) is 113 cm³/mol. The Morgan fingerprint density at radius 1 is 1.21 bits per heavy atom. The van der Waals surface area contributed by atoms with Gasteiger partial charge in [-0.2, -0.15) is 0 Å². The number of ether oxygens (including phenoxy) is 2. The molecular formula is C21H21Cl2NO5. The molecule has 0 aliphatic rings. The Morgan fingerprint density at radius 2 is 1.86 bits per heavy atom. The standard InChI is InChI=1S/C21H21Cl2NO5/c1-5-28-21(26)18-17-12(10-24(2)3)15(25)6-7-16(17)29-19(18)11-8-13(22)20(27-4)14(23)9-11/h6-9,25H,5,10H2,1-4H3. The van der Waals surface area contributed by atoms with Crippen molar-refractivity contribution in [3.8, 4) is 22.8 Å². The second-order valence-electron chi connectivity index (χ2n) is 6.67. The summed E-state index contributed by atoms with van der Waals surface area (Å²) >= 11 is 12.6. The Morgan fingerprint density at radius 3 is 2.41 bits per heavy atom. The highest BCUT2D eigenvalue weighted by Crippen LogP contribution is 2.43. The van der Waals surface area contributed by atoms with Gasteiger partial charge in [-0.25, -0.2) is 4.79 Å². The number of furan rings is 1. The number of nitrogens with zero attached hydrogens (tertiary/aromatic N) is 1. The molecule has 0 fully saturated rings. The van der Waals surface area contributed by atoms with Crippen LogP contribution in [0.5, 0.6) is 11.5 Å². The van der Waals surface area contributed by atoms with E-state index in [0.29, 0.717) is 34.4 Å². The monoisotopic (exact) mass is 437 g/mol. The molecule has 1 heterocycles. The number of aromatic hydroxyl groups is 1. The van der Waals surface area contributed by atoms with E-state index in [4.69, 9.17) is 37.1 Å². The van der Waals surface area contributed by atoms with E-state index < -0.39 is 5.97 Å². The average Bonchev–Trinajstić information content (AvgIpc) is 3.04. The van der Waals surface area contributed by atoms with Crippen LogP contribution < -0.4 is 4.74 Å². The van der Waals surface area contributed by atoms with Gasteiger partial charge >= 0.3 is 5.97 Å². The number of phenols is 1. The van der Waals surface area contributed by atoms with Crippen molar-refractivity contribution in [2.75, 3.05) is 27.8 Å². The summed E-state index contributed by atoms with van der Waals surface area (Å²) in [6.45, 7) is 2.31. The molecule has 0 bridgehead atoms. The fraction of sp³-hybridized carbons (Fsp3) is 0.286. The largest absolute Gasteiger partial charge is 0.508 e. The first-order chi connectivity index (χ1) is 13.8. The van der Waals surface area contributed by atoms with E-state index in [1.165, 1.54) is 13.2 Å². The van der Waals surface area contributed by atoms with E-state index in [0.717, 1.165) is 0 Å². The Hall–Kier alpha value is -2.41. The molecule has 6 nitrogen and oxygen atoms in total. The molecule has 0 atom stereocenters. The van der Waals surface area contributed by atoms with Gasteiger partial charge in [-0.15, -0.1) is 0 Å². The molecule has 0 saturated heterocycles. The predicted octanol–water partition coefficient (Wildman–Crippen LogP) is 5.36. The quantitative estimate of drug-likeness (QED) is 0.523. The number of hydrogen-bond acceptors (Lipinski definition) is 6. The number of carbonyl (C=O) groups is 1. The third-order valence-corrected chi connectivity index (χ3v) is 4.92. The number of carbonyl (C=O) groups excluding carboxylic acids is 1. The normalized spacial score (nSPS) is 11.3. The van der Waals surface area contributed by atoms with Crippen LogP contribution in [-0.4, -0.2) is 43.8 Å². The Bertz CT molecular complexity index is 1050. The molecule has 0 aliphatic heterocycles. The summed E-state index contributed by atoms with van der Waals surface area (Å²) in [6, 6.07) is 6.37. The molecule has 3 rings (SSSR count). The second kappa shape index (κ2) is 8.53. The Balaban J connectivity index is 2.36. The third-order valence-electron chi connectivity index (χ3n) is 4.36. The maximum Gasteiger partial charge on any atom is 0.342 e. The molecule has 1 N–H and O–H groups in total. The lowest BCUT2D eigenvalue weighted by Gasteiger charge is -2.13. The van der Waals surface area contributed by atoms with Crippen LogP contribution in [0.4, 0.5) is 0 Å². The summed E-state index contributed by atoms with van der Waals surface area (Å²) in [5, 5.41) is 11.5. The van der Waals surface area contributed by atoms with Gasteiger partial charge in [-0.3, -0.25) is 0 Å². The number of methoxy groups -OCH3 is 1. The fourth-order valence-corrected chi connectivity index (χ4v) is 3.85. The smallest absolute Gasteiger partial charge is 0.342 e. The molecule has 0 spiro atoms. The number of halogens is 2. The number of hydrogen-bond donors (Lipinski definition) is 1. The lowest BCUT2D eigenvalue weighted by molar-refractivity contribution is 0.0528. The van der Waals surface area contributed by atoms with Crippen LogP contribution in [0.15, 0.2) is 28.7 Å². The summed E-state index contributed by atoms with van der Waals surface area (Å²) in [5.41, 5.74) is 1.72. The summed E-state index contributed by atoms with van der Waals surface area (Å²) in [4.78, 5) is 14.8. The van der Waals surface area contributed by atoms with Crippen LogP contribution >= 0.6 is 23.2 Å². The van der Waals surface area contributed by atoms with Crippen molar-refractivity contribution in [3.05, 3.63) is 45.4 Å². The first kappa shape index (κ1) is 21.3. The Labute approximate surface area is 178 Å². The highest BCUT2D eigenvalue weighted by atomic mass is 35.5. The van der Waals surface area contributed by atoms with Crippen LogP contribution in [-0.2, 0) is 11.3 Å². The molecule has 0 radical (unpaired) electrons. The molecular weight excluding hydrogens is 417 g/mol. The van der Waals surface area contributed by atoms with E-state index in [2.05, 4.69) is 0 Å². The summed E-state index contributed by atoms with van der Waals surface area (Å²) in [5.74, 6) is 0.0946. The SMILES string of the molecule is CCOC(=O)c1c(-c2cc(Cl)c(OC)c(Cl)c2)oc2ccc(O)c(CN(C)C)c12. The molecule has 0 unspecified atom stereocenters. The van der Waals surface area contributed by atoms with Crippen molar-refractivity contribution in [2.24, 2.45) is 0 Å². The minimum Gasteiger partial charge on any atom is -0.508 e. The number of rotatable bonds is 6. The first-order valence-corrected chi connectivity index (χ1v) is 9.66. The van der Waals surface area contributed by atoms with Crippen LogP contribution in [0, 0.1) is 0 Å². The highest BCUT2D eigenvalue weighted by Gasteiger charge is 2.27. The Kier molecular flexibility index (Phi) is 6.27. The lowest BCUT2D eigenvalue weighted by Crippen LogP contribution is -2.12. The number of benzene rings is 2. The second-order valence-corrected chi connectivity index (χ2v) is 7.49. The maximum atomic E-state index is 12.9. The van der Waals surface area contributed by atoms with E-state index in [1.807, 2.05) is 19.0 Å². The maximum absolute atomic E-state index is 12.9. The molecule has 29 heavy (non-hydrogen) atoms. The van der Waals surface area contributed by atoms with Crippen molar-refractivity contribution in [1.29, 1.82) is 0 Å². The topological polar surface area (TPSA) is 72.1 Å². The van der Waals surface area contributed by atoms with Crippen LogP contribution in [0.1, 0.15) is 22.8 Å². The zero-order valence-corrected chi connectivity index (χ0v) is 18.0. The van der Waals surface area contributed by atoms with Gasteiger partial charge in [0.15, 0.2) is 5.75 Å². The van der Waals surface area contributed by atoms with Gasteiger partial charge < -0.3 is 23.9 Å². The summed E-state index contributed by atoms with van der Waals surface area (Å²) in [6.07, 6.45) is 0. The van der Waals surface area contributed by atoms with Gasteiger partial charge in [0.05, 0.1) is 23.8 Å². The van der Waals surface area contributed by atoms with Crippen molar-refractivity contribution < 1.29 is 23.8 Å². The van der Waals surface area contributed by atoms with E-state index in [-0.39, 0.29) is 33.7 Å². The molecule has 0 saturated carbocycles. The molecule has 3 aromatic rings.